The van der Waals surface area contributed by atoms with Crippen molar-refractivity contribution in [3.05, 3.63) is 0 Å². The molecule has 0 aromatic heterocycles. The fraction of sp³-hybridized carbons (Fsp3) is 0.769. The molecule has 0 aromatic rings. The van der Waals surface area contributed by atoms with E-state index >= 15 is 0 Å². The van der Waals surface area contributed by atoms with Crippen LogP contribution < -0.4 is 5.32 Å². The van der Waals surface area contributed by atoms with Gasteiger partial charge in [-0.1, -0.05) is 6.92 Å². The molecule has 1 saturated carbocycles. The summed E-state index contributed by atoms with van der Waals surface area (Å²) in [4.78, 5) is 11.8. The summed E-state index contributed by atoms with van der Waals surface area (Å²) in [6, 6.07) is 0.113. The molecule has 0 radical (unpaired) electrons. The summed E-state index contributed by atoms with van der Waals surface area (Å²) in [6.45, 7) is 4.22. The predicted octanol–water partition coefficient (Wildman–Crippen LogP) is 2.34. The van der Waals surface area contributed by atoms with Crippen molar-refractivity contribution in [2.45, 2.75) is 52.0 Å². The molecule has 1 aliphatic rings. The Morgan fingerprint density at radius 3 is 2.60 bits per heavy atom. The number of nitrogens with one attached hydrogen (secondary N) is 1. The summed E-state index contributed by atoms with van der Waals surface area (Å²) < 4.78 is 0. The van der Waals surface area contributed by atoms with Gasteiger partial charge in [0.15, 0.2) is 0 Å². The third-order valence-corrected chi connectivity index (χ3v) is 3.20. The standard InChI is InChI=1S/C13H21NO/c1-4-5-11(3)14-13(15)12-8-6-10(2)7-9-12/h1,10-12H,5-9H2,2-3H3,(H,14,15). The molecular formula is C13H21NO. The van der Waals surface area contributed by atoms with Crippen molar-refractivity contribution in [3.8, 4) is 12.3 Å². The molecule has 0 spiro atoms. The highest BCUT2D eigenvalue weighted by Crippen LogP contribution is 2.28. The van der Waals surface area contributed by atoms with Crippen molar-refractivity contribution in [2.24, 2.45) is 11.8 Å². The lowest BCUT2D eigenvalue weighted by Crippen LogP contribution is -2.38. The first-order chi connectivity index (χ1) is 7.13. The van der Waals surface area contributed by atoms with Gasteiger partial charge in [-0.2, -0.15) is 0 Å². The van der Waals surface area contributed by atoms with Gasteiger partial charge in [-0.15, -0.1) is 12.3 Å². The zero-order valence-electron chi connectivity index (χ0n) is 9.75. The molecule has 2 heteroatoms. The maximum absolute atomic E-state index is 11.8. The van der Waals surface area contributed by atoms with E-state index in [0.717, 1.165) is 18.8 Å². The number of terminal acetylenes is 1. The highest BCUT2D eigenvalue weighted by molar-refractivity contribution is 5.79. The minimum atomic E-state index is 0.113. The first-order valence-electron chi connectivity index (χ1n) is 5.87. The van der Waals surface area contributed by atoms with E-state index in [0.29, 0.717) is 6.42 Å². The SMILES string of the molecule is C#CCC(C)NC(=O)C1CCC(C)CC1. The van der Waals surface area contributed by atoms with E-state index in [-0.39, 0.29) is 17.9 Å². The van der Waals surface area contributed by atoms with E-state index in [1.165, 1.54) is 12.8 Å². The van der Waals surface area contributed by atoms with Crippen LogP contribution in [0.4, 0.5) is 0 Å². The minimum absolute atomic E-state index is 0.113. The molecule has 0 bridgehead atoms. The lowest BCUT2D eigenvalue weighted by Gasteiger charge is -2.26. The average molecular weight is 207 g/mol. The Kier molecular flexibility index (Phi) is 4.68. The average Bonchev–Trinajstić information content (AvgIpc) is 2.18. The second-order valence-electron chi connectivity index (χ2n) is 4.77. The summed E-state index contributed by atoms with van der Waals surface area (Å²) >= 11 is 0. The van der Waals surface area contributed by atoms with Crippen LogP contribution >= 0.6 is 0 Å². The van der Waals surface area contributed by atoms with Gasteiger partial charge < -0.3 is 5.32 Å². The van der Waals surface area contributed by atoms with E-state index in [1.807, 2.05) is 6.92 Å². The molecule has 0 aromatic carbocycles. The predicted molar refractivity (Wildman–Crippen MR) is 62.2 cm³/mol. The van der Waals surface area contributed by atoms with Gasteiger partial charge >= 0.3 is 0 Å². The topological polar surface area (TPSA) is 29.1 Å². The maximum Gasteiger partial charge on any atom is 0.223 e. The summed E-state index contributed by atoms with van der Waals surface area (Å²) in [6.07, 6.45) is 10.3. The molecule has 0 saturated heterocycles. The Morgan fingerprint density at radius 1 is 1.47 bits per heavy atom. The van der Waals surface area contributed by atoms with E-state index < -0.39 is 0 Å². The van der Waals surface area contributed by atoms with Gasteiger partial charge in [0, 0.05) is 18.4 Å². The van der Waals surface area contributed by atoms with E-state index in [4.69, 9.17) is 6.42 Å². The van der Waals surface area contributed by atoms with Crippen LogP contribution in [0, 0.1) is 24.2 Å². The maximum atomic E-state index is 11.8. The smallest absolute Gasteiger partial charge is 0.223 e. The molecule has 1 amide bonds. The van der Waals surface area contributed by atoms with Crippen molar-refractivity contribution >= 4 is 5.91 Å². The van der Waals surface area contributed by atoms with E-state index in [2.05, 4.69) is 18.2 Å². The molecule has 1 N–H and O–H groups in total. The lowest BCUT2D eigenvalue weighted by molar-refractivity contribution is -0.126. The lowest BCUT2D eigenvalue weighted by atomic mass is 9.82. The quantitative estimate of drug-likeness (QED) is 0.707. The number of amides is 1. The van der Waals surface area contributed by atoms with Gasteiger partial charge in [0.05, 0.1) is 0 Å². The van der Waals surface area contributed by atoms with Crippen molar-refractivity contribution in [1.82, 2.24) is 5.32 Å². The van der Waals surface area contributed by atoms with E-state index in [1.54, 1.807) is 0 Å². The molecule has 1 aliphatic carbocycles. The highest BCUT2D eigenvalue weighted by atomic mass is 16.1. The molecule has 0 heterocycles. The molecule has 1 fully saturated rings. The molecule has 1 atom stereocenters. The molecule has 2 nitrogen and oxygen atoms in total. The number of carbonyl (C=O) groups excluding carboxylic acids is 1. The highest BCUT2D eigenvalue weighted by Gasteiger charge is 2.24. The molecule has 0 aliphatic heterocycles. The van der Waals surface area contributed by atoms with Crippen LogP contribution in [0.15, 0.2) is 0 Å². The normalized spacial score (nSPS) is 27.8. The van der Waals surface area contributed by atoms with Gasteiger partial charge in [-0.3, -0.25) is 4.79 Å². The molecule has 1 unspecified atom stereocenters. The zero-order valence-corrected chi connectivity index (χ0v) is 9.75. The zero-order chi connectivity index (χ0) is 11.3. The monoisotopic (exact) mass is 207 g/mol. The van der Waals surface area contributed by atoms with Crippen LogP contribution in [0.1, 0.15) is 46.0 Å². The van der Waals surface area contributed by atoms with Gasteiger partial charge in [-0.25, -0.2) is 0 Å². The third kappa shape index (κ3) is 3.95. The Balaban J connectivity index is 2.31. The number of rotatable bonds is 3. The van der Waals surface area contributed by atoms with Crippen molar-refractivity contribution < 1.29 is 4.79 Å². The summed E-state index contributed by atoms with van der Waals surface area (Å²) in [7, 11) is 0. The first kappa shape index (κ1) is 12.1. The van der Waals surface area contributed by atoms with E-state index in [9.17, 15) is 4.79 Å². The second kappa shape index (κ2) is 5.80. The van der Waals surface area contributed by atoms with Crippen LogP contribution in [-0.4, -0.2) is 11.9 Å². The summed E-state index contributed by atoms with van der Waals surface area (Å²) in [5.74, 6) is 3.78. The number of hydrogen-bond donors (Lipinski definition) is 1. The molecule has 84 valence electrons. The van der Waals surface area contributed by atoms with Crippen LogP contribution in [0.2, 0.25) is 0 Å². The Bertz CT molecular complexity index is 246. The molecule has 15 heavy (non-hydrogen) atoms. The molecular weight excluding hydrogens is 186 g/mol. The Morgan fingerprint density at radius 2 is 2.07 bits per heavy atom. The fourth-order valence-corrected chi connectivity index (χ4v) is 2.11. The minimum Gasteiger partial charge on any atom is -0.352 e. The van der Waals surface area contributed by atoms with Gasteiger partial charge in [0.1, 0.15) is 0 Å². The van der Waals surface area contributed by atoms with Gasteiger partial charge in [-0.05, 0) is 38.5 Å². The second-order valence-corrected chi connectivity index (χ2v) is 4.77. The van der Waals surface area contributed by atoms with Crippen LogP contribution in [0.3, 0.4) is 0 Å². The van der Waals surface area contributed by atoms with Crippen molar-refractivity contribution in [3.63, 3.8) is 0 Å². The van der Waals surface area contributed by atoms with Gasteiger partial charge in [0.2, 0.25) is 5.91 Å². The van der Waals surface area contributed by atoms with Crippen molar-refractivity contribution in [1.29, 1.82) is 0 Å². The van der Waals surface area contributed by atoms with Crippen molar-refractivity contribution in [2.75, 3.05) is 0 Å². The fourth-order valence-electron chi connectivity index (χ4n) is 2.11. The van der Waals surface area contributed by atoms with Crippen LogP contribution in [0.5, 0.6) is 0 Å². The van der Waals surface area contributed by atoms with Crippen LogP contribution in [-0.2, 0) is 4.79 Å². The summed E-state index contributed by atoms with van der Waals surface area (Å²) in [5.41, 5.74) is 0. The largest absolute Gasteiger partial charge is 0.352 e. The Hall–Kier alpha value is -0.970. The number of hydrogen-bond acceptors (Lipinski definition) is 1. The summed E-state index contributed by atoms with van der Waals surface area (Å²) in [5, 5.41) is 2.98. The number of carbonyl (C=O) groups is 1. The van der Waals surface area contributed by atoms with Gasteiger partial charge in [0.25, 0.3) is 0 Å². The molecule has 1 rings (SSSR count). The first-order valence-corrected chi connectivity index (χ1v) is 5.87. The third-order valence-electron chi connectivity index (χ3n) is 3.20. The van der Waals surface area contributed by atoms with Crippen LogP contribution in [0.25, 0.3) is 0 Å². The Labute approximate surface area is 92.8 Å².